The highest BCUT2D eigenvalue weighted by Gasteiger charge is 2.30. The molecule has 1 aromatic carbocycles. The van der Waals surface area contributed by atoms with Crippen molar-refractivity contribution >= 4 is 22.8 Å². The van der Waals surface area contributed by atoms with Gasteiger partial charge in [-0.1, -0.05) is 17.8 Å². The van der Waals surface area contributed by atoms with Crippen LogP contribution in [0.3, 0.4) is 0 Å². The van der Waals surface area contributed by atoms with E-state index in [0.29, 0.717) is 24.3 Å². The summed E-state index contributed by atoms with van der Waals surface area (Å²) < 4.78 is 26.4. The topological polar surface area (TPSA) is 37.4 Å². The van der Waals surface area contributed by atoms with E-state index < -0.39 is 11.6 Å². The summed E-state index contributed by atoms with van der Waals surface area (Å²) in [6, 6.07) is 3.36. The lowest BCUT2D eigenvalue weighted by atomic mass is 10.1. The zero-order valence-electron chi connectivity index (χ0n) is 11.1. The SMILES string of the molecule is CC(=O)SCC1CC(=O)N(Cc2ccc(F)cc2F)C1. The second kappa shape index (κ2) is 6.35. The van der Waals surface area contributed by atoms with Crippen LogP contribution in [0.2, 0.25) is 0 Å². The van der Waals surface area contributed by atoms with Crippen LogP contribution in [-0.4, -0.2) is 28.2 Å². The number of hydrogen-bond acceptors (Lipinski definition) is 3. The van der Waals surface area contributed by atoms with Crippen molar-refractivity contribution in [3.8, 4) is 0 Å². The molecule has 0 aromatic heterocycles. The smallest absolute Gasteiger partial charge is 0.223 e. The highest BCUT2D eigenvalue weighted by atomic mass is 32.2. The Morgan fingerprint density at radius 3 is 2.85 bits per heavy atom. The van der Waals surface area contributed by atoms with Gasteiger partial charge in [0, 0.05) is 43.8 Å². The molecule has 1 unspecified atom stereocenters. The molecule has 1 fully saturated rings. The quantitative estimate of drug-likeness (QED) is 0.857. The number of amides is 1. The normalized spacial score (nSPS) is 18.6. The lowest BCUT2D eigenvalue weighted by Crippen LogP contribution is -2.25. The molecule has 1 aliphatic rings. The van der Waals surface area contributed by atoms with Crippen molar-refractivity contribution in [2.45, 2.75) is 19.9 Å². The summed E-state index contributed by atoms with van der Waals surface area (Å²) in [5, 5.41) is 0.0282. The maximum atomic E-state index is 13.6. The summed E-state index contributed by atoms with van der Waals surface area (Å²) in [5.41, 5.74) is 0.305. The molecule has 3 nitrogen and oxygen atoms in total. The molecule has 0 bridgehead atoms. The Hall–Kier alpha value is -1.43. The summed E-state index contributed by atoms with van der Waals surface area (Å²) in [6.07, 6.45) is 0.378. The van der Waals surface area contributed by atoms with Gasteiger partial charge in [-0.2, -0.15) is 0 Å². The van der Waals surface area contributed by atoms with Crippen LogP contribution in [0.4, 0.5) is 8.78 Å². The van der Waals surface area contributed by atoms with Crippen LogP contribution in [0.1, 0.15) is 18.9 Å². The Bertz CT molecular complexity index is 536. The number of hydrogen-bond donors (Lipinski definition) is 0. The van der Waals surface area contributed by atoms with E-state index in [1.807, 2.05) is 0 Å². The molecule has 108 valence electrons. The molecular weight excluding hydrogens is 284 g/mol. The summed E-state index contributed by atoms with van der Waals surface area (Å²) in [4.78, 5) is 24.3. The Balaban J connectivity index is 1.96. The summed E-state index contributed by atoms with van der Waals surface area (Å²) in [5.74, 6) is -0.611. The van der Waals surface area contributed by atoms with E-state index >= 15 is 0 Å². The molecule has 1 atom stereocenters. The molecule has 0 spiro atoms. The molecule has 0 N–H and O–H groups in total. The number of rotatable bonds is 4. The molecule has 1 amide bonds. The molecule has 6 heteroatoms. The number of carbonyl (C=O) groups excluding carboxylic acids is 2. The first-order valence-corrected chi connectivity index (χ1v) is 7.29. The molecule has 1 aromatic rings. The highest BCUT2D eigenvalue weighted by Crippen LogP contribution is 2.24. The van der Waals surface area contributed by atoms with Gasteiger partial charge in [-0.05, 0) is 12.0 Å². The van der Waals surface area contributed by atoms with Crippen molar-refractivity contribution in [1.29, 1.82) is 0 Å². The predicted octanol–water partition coefficient (Wildman–Crippen LogP) is 2.59. The van der Waals surface area contributed by atoms with E-state index in [-0.39, 0.29) is 23.5 Å². The maximum Gasteiger partial charge on any atom is 0.223 e. The molecule has 2 rings (SSSR count). The van der Waals surface area contributed by atoms with E-state index in [4.69, 9.17) is 0 Å². The van der Waals surface area contributed by atoms with Crippen molar-refractivity contribution in [3.63, 3.8) is 0 Å². The van der Waals surface area contributed by atoms with Gasteiger partial charge in [-0.3, -0.25) is 9.59 Å². The average molecular weight is 299 g/mol. The standard InChI is InChI=1S/C14H15F2NO2S/c1-9(18)20-8-10-4-14(19)17(6-10)7-11-2-3-12(15)5-13(11)16/h2-3,5,10H,4,6-8H2,1H3. The zero-order chi connectivity index (χ0) is 14.7. The first kappa shape index (κ1) is 15.0. The lowest BCUT2D eigenvalue weighted by molar-refractivity contribution is -0.128. The Morgan fingerprint density at radius 2 is 2.20 bits per heavy atom. The van der Waals surface area contributed by atoms with Crippen LogP contribution < -0.4 is 0 Å². The summed E-state index contributed by atoms with van der Waals surface area (Å²) in [7, 11) is 0. The van der Waals surface area contributed by atoms with E-state index in [0.717, 1.165) is 6.07 Å². The van der Waals surface area contributed by atoms with Crippen LogP contribution >= 0.6 is 11.8 Å². The van der Waals surface area contributed by atoms with Gasteiger partial charge in [-0.25, -0.2) is 8.78 Å². The minimum atomic E-state index is -0.639. The fourth-order valence-corrected chi connectivity index (χ4v) is 2.90. The second-order valence-electron chi connectivity index (χ2n) is 4.88. The molecule has 0 saturated carbocycles. The first-order chi connectivity index (χ1) is 9.45. The molecule has 0 aliphatic carbocycles. The van der Waals surface area contributed by atoms with Crippen molar-refractivity contribution in [1.82, 2.24) is 4.90 Å². The van der Waals surface area contributed by atoms with Crippen LogP contribution in [0, 0.1) is 17.6 Å². The Morgan fingerprint density at radius 1 is 1.45 bits per heavy atom. The highest BCUT2D eigenvalue weighted by molar-refractivity contribution is 8.13. The molecule has 20 heavy (non-hydrogen) atoms. The molecule has 1 aliphatic heterocycles. The fraction of sp³-hybridized carbons (Fsp3) is 0.429. The maximum absolute atomic E-state index is 13.6. The van der Waals surface area contributed by atoms with E-state index in [1.54, 1.807) is 4.90 Å². The monoisotopic (exact) mass is 299 g/mol. The average Bonchev–Trinajstić information content (AvgIpc) is 2.71. The molecule has 1 heterocycles. The second-order valence-corrected chi connectivity index (χ2v) is 6.08. The fourth-order valence-electron chi connectivity index (χ4n) is 2.21. The van der Waals surface area contributed by atoms with Crippen LogP contribution in [-0.2, 0) is 16.1 Å². The summed E-state index contributed by atoms with van der Waals surface area (Å²) >= 11 is 1.20. The third-order valence-corrected chi connectivity index (χ3v) is 4.24. The third kappa shape index (κ3) is 3.79. The molecule has 1 saturated heterocycles. The van der Waals surface area contributed by atoms with Gasteiger partial charge < -0.3 is 4.90 Å². The molecular formula is C14H15F2NO2S. The van der Waals surface area contributed by atoms with E-state index in [1.165, 1.54) is 30.8 Å². The number of likely N-dealkylation sites (tertiary alicyclic amines) is 1. The number of thioether (sulfide) groups is 1. The minimum Gasteiger partial charge on any atom is -0.338 e. The predicted molar refractivity (Wildman–Crippen MR) is 73.0 cm³/mol. The van der Waals surface area contributed by atoms with Crippen molar-refractivity contribution in [2.24, 2.45) is 5.92 Å². The van der Waals surface area contributed by atoms with Gasteiger partial charge in [0.25, 0.3) is 0 Å². The Labute approximate surface area is 120 Å². The number of nitrogens with zero attached hydrogens (tertiary/aromatic N) is 1. The number of benzene rings is 1. The number of halogens is 2. The minimum absolute atomic E-state index is 0.0282. The zero-order valence-corrected chi connectivity index (χ0v) is 11.9. The van der Waals surface area contributed by atoms with E-state index in [9.17, 15) is 18.4 Å². The lowest BCUT2D eigenvalue weighted by Gasteiger charge is -2.17. The number of carbonyl (C=O) groups is 2. The van der Waals surface area contributed by atoms with Gasteiger partial charge >= 0.3 is 0 Å². The van der Waals surface area contributed by atoms with Crippen molar-refractivity contribution in [3.05, 3.63) is 35.4 Å². The van der Waals surface area contributed by atoms with Crippen LogP contribution in [0.15, 0.2) is 18.2 Å². The third-order valence-electron chi connectivity index (χ3n) is 3.19. The van der Waals surface area contributed by atoms with Crippen LogP contribution in [0.5, 0.6) is 0 Å². The van der Waals surface area contributed by atoms with Crippen LogP contribution in [0.25, 0.3) is 0 Å². The van der Waals surface area contributed by atoms with Gasteiger partial charge in [0.1, 0.15) is 11.6 Å². The van der Waals surface area contributed by atoms with E-state index in [2.05, 4.69) is 0 Å². The van der Waals surface area contributed by atoms with Gasteiger partial charge in [-0.15, -0.1) is 0 Å². The first-order valence-electron chi connectivity index (χ1n) is 6.30. The van der Waals surface area contributed by atoms with Crippen molar-refractivity contribution < 1.29 is 18.4 Å². The Kier molecular flexibility index (Phi) is 4.75. The van der Waals surface area contributed by atoms with Gasteiger partial charge in [0.15, 0.2) is 5.12 Å². The van der Waals surface area contributed by atoms with Gasteiger partial charge in [0.05, 0.1) is 0 Å². The van der Waals surface area contributed by atoms with Crippen molar-refractivity contribution in [2.75, 3.05) is 12.3 Å². The largest absolute Gasteiger partial charge is 0.338 e. The van der Waals surface area contributed by atoms with Gasteiger partial charge in [0.2, 0.25) is 5.91 Å². The molecule has 0 radical (unpaired) electrons. The summed E-state index contributed by atoms with van der Waals surface area (Å²) in [6.45, 7) is 2.15.